The topological polar surface area (TPSA) is 44.8 Å². The van der Waals surface area contributed by atoms with E-state index < -0.39 is 0 Å². The van der Waals surface area contributed by atoms with Crippen LogP contribution in [0.25, 0.3) is 0 Å². The second kappa shape index (κ2) is 11.6. The van der Waals surface area contributed by atoms with Crippen LogP contribution in [0.1, 0.15) is 40.5 Å². The molecule has 0 aliphatic carbocycles. The van der Waals surface area contributed by atoms with Crippen LogP contribution < -0.4 is 0 Å². The number of ketones is 1. The molecule has 0 rings (SSSR count). The molecule has 0 aromatic rings. The molecule has 0 spiro atoms. The quantitative estimate of drug-likeness (QED) is 0.506. The Balaban J connectivity index is 3.10. The van der Waals surface area contributed by atoms with Crippen LogP contribution in [-0.2, 0) is 19.0 Å². The Labute approximate surface area is 111 Å². The highest BCUT2D eigenvalue weighted by atomic mass is 16.5. The van der Waals surface area contributed by atoms with E-state index in [0.717, 1.165) is 6.42 Å². The van der Waals surface area contributed by atoms with Gasteiger partial charge in [-0.25, -0.2) is 0 Å². The summed E-state index contributed by atoms with van der Waals surface area (Å²) in [6.45, 7) is 10.9. The van der Waals surface area contributed by atoms with Crippen molar-refractivity contribution in [1.82, 2.24) is 0 Å². The monoisotopic (exact) mass is 260 g/mol. The summed E-state index contributed by atoms with van der Waals surface area (Å²) in [7, 11) is 0. The Hall–Kier alpha value is -0.450. The van der Waals surface area contributed by atoms with Crippen molar-refractivity contribution in [3.63, 3.8) is 0 Å². The molecule has 4 nitrogen and oxygen atoms in total. The van der Waals surface area contributed by atoms with Crippen LogP contribution in [0.15, 0.2) is 0 Å². The first-order valence-electron chi connectivity index (χ1n) is 6.83. The molecule has 18 heavy (non-hydrogen) atoms. The Morgan fingerprint density at radius 1 is 0.889 bits per heavy atom. The van der Waals surface area contributed by atoms with Crippen LogP contribution in [0.4, 0.5) is 0 Å². The minimum Gasteiger partial charge on any atom is -0.379 e. The van der Waals surface area contributed by atoms with Gasteiger partial charge in [0.05, 0.1) is 32.5 Å². The number of hydrogen-bond donors (Lipinski definition) is 0. The molecule has 0 atom stereocenters. The maximum absolute atomic E-state index is 11.3. The van der Waals surface area contributed by atoms with Gasteiger partial charge in [-0.15, -0.1) is 0 Å². The highest BCUT2D eigenvalue weighted by Gasteiger charge is 2.05. The molecule has 0 saturated carbocycles. The van der Waals surface area contributed by atoms with Gasteiger partial charge in [0, 0.05) is 18.9 Å². The van der Waals surface area contributed by atoms with Crippen molar-refractivity contribution in [2.24, 2.45) is 5.92 Å². The van der Waals surface area contributed by atoms with E-state index in [2.05, 4.69) is 0 Å². The fourth-order valence-corrected chi connectivity index (χ4v) is 1.30. The molecule has 0 N–H and O–H groups in total. The SMILES string of the molecule is CC(C)OCCOCCOCCCC(=O)C(C)C. The van der Waals surface area contributed by atoms with Gasteiger partial charge in [0.1, 0.15) is 5.78 Å². The summed E-state index contributed by atoms with van der Waals surface area (Å²) in [5.41, 5.74) is 0. The van der Waals surface area contributed by atoms with E-state index in [1.165, 1.54) is 0 Å². The van der Waals surface area contributed by atoms with Gasteiger partial charge in [-0.1, -0.05) is 13.8 Å². The fraction of sp³-hybridized carbons (Fsp3) is 0.929. The lowest BCUT2D eigenvalue weighted by Gasteiger charge is -2.08. The summed E-state index contributed by atoms with van der Waals surface area (Å²) >= 11 is 0. The molecule has 0 unspecified atom stereocenters. The van der Waals surface area contributed by atoms with Gasteiger partial charge in [0.25, 0.3) is 0 Å². The van der Waals surface area contributed by atoms with Crippen LogP contribution >= 0.6 is 0 Å². The number of ether oxygens (including phenoxy) is 3. The smallest absolute Gasteiger partial charge is 0.135 e. The first-order valence-corrected chi connectivity index (χ1v) is 6.83. The third kappa shape index (κ3) is 12.0. The molecule has 0 amide bonds. The van der Waals surface area contributed by atoms with Crippen molar-refractivity contribution in [1.29, 1.82) is 0 Å². The number of Topliss-reactive ketones (excluding diaryl/α,β-unsaturated/α-hetero) is 1. The molecule has 0 heterocycles. The number of rotatable bonds is 12. The molecule has 0 aromatic carbocycles. The Bertz CT molecular complexity index is 202. The molecule has 0 aromatic heterocycles. The Kier molecular flexibility index (Phi) is 11.3. The highest BCUT2D eigenvalue weighted by molar-refractivity contribution is 5.80. The average Bonchev–Trinajstić information content (AvgIpc) is 2.30. The normalized spacial score (nSPS) is 11.4. The van der Waals surface area contributed by atoms with Crippen molar-refractivity contribution < 1.29 is 19.0 Å². The van der Waals surface area contributed by atoms with Crippen LogP contribution in [0, 0.1) is 5.92 Å². The summed E-state index contributed by atoms with van der Waals surface area (Å²) in [6.07, 6.45) is 1.66. The van der Waals surface area contributed by atoms with Crippen molar-refractivity contribution in [2.75, 3.05) is 33.0 Å². The predicted molar refractivity (Wildman–Crippen MR) is 71.8 cm³/mol. The van der Waals surface area contributed by atoms with Crippen LogP contribution in [-0.4, -0.2) is 44.9 Å². The van der Waals surface area contributed by atoms with Crippen molar-refractivity contribution in [3.8, 4) is 0 Å². The predicted octanol–water partition coefficient (Wildman–Crippen LogP) is 2.45. The zero-order chi connectivity index (χ0) is 13.8. The molecule has 4 heteroatoms. The van der Waals surface area contributed by atoms with Gasteiger partial charge in [0.15, 0.2) is 0 Å². The Morgan fingerprint density at radius 3 is 2.00 bits per heavy atom. The molecule has 0 saturated heterocycles. The van der Waals surface area contributed by atoms with Crippen molar-refractivity contribution >= 4 is 5.78 Å². The standard InChI is InChI=1S/C14H28O4/c1-12(2)14(15)6-5-7-16-8-9-17-10-11-18-13(3)4/h12-13H,5-11H2,1-4H3. The van der Waals surface area contributed by atoms with Gasteiger partial charge in [-0.2, -0.15) is 0 Å². The lowest BCUT2D eigenvalue weighted by molar-refractivity contribution is -0.122. The number of hydrogen-bond acceptors (Lipinski definition) is 4. The molecule has 0 bridgehead atoms. The third-order valence-corrected chi connectivity index (χ3v) is 2.41. The van der Waals surface area contributed by atoms with Crippen molar-refractivity contribution in [2.45, 2.75) is 46.6 Å². The van der Waals surface area contributed by atoms with E-state index in [-0.39, 0.29) is 12.0 Å². The van der Waals surface area contributed by atoms with E-state index in [0.29, 0.717) is 45.2 Å². The molecular formula is C14H28O4. The summed E-state index contributed by atoms with van der Waals surface area (Å²) in [6, 6.07) is 0. The zero-order valence-electron chi connectivity index (χ0n) is 12.2. The van der Waals surface area contributed by atoms with E-state index in [1.807, 2.05) is 27.7 Å². The zero-order valence-corrected chi connectivity index (χ0v) is 12.2. The van der Waals surface area contributed by atoms with Crippen LogP contribution in [0.2, 0.25) is 0 Å². The number of carbonyl (C=O) groups excluding carboxylic acids is 1. The largest absolute Gasteiger partial charge is 0.379 e. The third-order valence-electron chi connectivity index (χ3n) is 2.41. The van der Waals surface area contributed by atoms with Gasteiger partial charge >= 0.3 is 0 Å². The van der Waals surface area contributed by atoms with E-state index in [9.17, 15) is 4.79 Å². The summed E-state index contributed by atoms with van der Waals surface area (Å²) in [4.78, 5) is 11.3. The molecule has 0 fully saturated rings. The van der Waals surface area contributed by atoms with Gasteiger partial charge < -0.3 is 14.2 Å². The van der Waals surface area contributed by atoms with Gasteiger partial charge in [0.2, 0.25) is 0 Å². The molecule has 0 radical (unpaired) electrons. The van der Waals surface area contributed by atoms with Gasteiger partial charge in [-0.05, 0) is 20.3 Å². The molecule has 0 aliphatic rings. The average molecular weight is 260 g/mol. The van der Waals surface area contributed by atoms with E-state index >= 15 is 0 Å². The van der Waals surface area contributed by atoms with E-state index in [1.54, 1.807) is 0 Å². The van der Waals surface area contributed by atoms with E-state index in [4.69, 9.17) is 14.2 Å². The second-order valence-electron chi connectivity index (χ2n) is 4.87. The maximum Gasteiger partial charge on any atom is 0.135 e. The minimum absolute atomic E-state index is 0.134. The minimum atomic E-state index is 0.134. The summed E-state index contributed by atoms with van der Waals surface area (Å²) in [5.74, 6) is 0.440. The van der Waals surface area contributed by atoms with Crippen molar-refractivity contribution in [3.05, 3.63) is 0 Å². The van der Waals surface area contributed by atoms with Crippen LogP contribution in [0.3, 0.4) is 0 Å². The fourth-order valence-electron chi connectivity index (χ4n) is 1.30. The first-order chi connectivity index (χ1) is 8.54. The van der Waals surface area contributed by atoms with Crippen LogP contribution in [0.5, 0.6) is 0 Å². The maximum atomic E-state index is 11.3. The lowest BCUT2D eigenvalue weighted by atomic mass is 10.1. The molecular weight excluding hydrogens is 232 g/mol. The summed E-state index contributed by atoms with van der Waals surface area (Å²) in [5, 5.41) is 0. The second-order valence-corrected chi connectivity index (χ2v) is 4.87. The Morgan fingerprint density at radius 2 is 1.44 bits per heavy atom. The highest BCUT2D eigenvalue weighted by Crippen LogP contribution is 2.01. The van der Waals surface area contributed by atoms with Gasteiger partial charge in [-0.3, -0.25) is 4.79 Å². The number of carbonyl (C=O) groups is 1. The molecule has 108 valence electrons. The summed E-state index contributed by atoms with van der Waals surface area (Å²) < 4.78 is 16.0. The molecule has 0 aliphatic heterocycles. The lowest BCUT2D eigenvalue weighted by Crippen LogP contribution is -2.13. The first kappa shape index (κ1) is 17.6.